The summed E-state index contributed by atoms with van der Waals surface area (Å²) >= 11 is 0. The van der Waals surface area contributed by atoms with Crippen LogP contribution in [0.4, 0.5) is 11.4 Å². The first kappa shape index (κ1) is 8.80. The number of nitrogen functional groups attached to an aromatic ring is 1. The predicted octanol–water partition coefficient (Wildman–Crippen LogP) is 1.50. The van der Waals surface area contributed by atoms with E-state index >= 15 is 0 Å². The number of hydrogen-bond acceptors (Lipinski definition) is 4. The second kappa shape index (κ2) is 3.17. The van der Waals surface area contributed by atoms with Crippen LogP contribution >= 0.6 is 0 Å². The van der Waals surface area contributed by atoms with E-state index in [9.17, 15) is 10.1 Å². The van der Waals surface area contributed by atoms with Crippen molar-refractivity contribution in [3.05, 3.63) is 27.8 Å². The molecule has 1 aromatic rings. The lowest BCUT2D eigenvalue weighted by Gasteiger charge is -2.17. The summed E-state index contributed by atoms with van der Waals surface area (Å²) in [7, 11) is 0. The van der Waals surface area contributed by atoms with E-state index in [4.69, 9.17) is 10.5 Å². The van der Waals surface area contributed by atoms with Gasteiger partial charge in [0.2, 0.25) is 0 Å². The average Bonchev–Trinajstić information content (AvgIpc) is 2.17. The molecule has 74 valence electrons. The average molecular weight is 194 g/mol. The Bertz CT molecular complexity index is 390. The van der Waals surface area contributed by atoms with Crippen LogP contribution in [-0.2, 0) is 6.42 Å². The van der Waals surface area contributed by atoms with Gasteiger partial charge in [-0.1, -0.05) is 0 Å². The molecule has 14 heavy (non-hydrogen) atoms. The van der Waals surface area contributed by atoms with Crippen molar-refractivity contribution in [2.45, 2.75) is 12.8 Å². The van der Waals surface area contributed by atoms with Crippen LogP contribution in [0.25, 0.3) is 0 Å². The van der Waals surface area contributed by atoms with Gasteiger partial charge >= 0.3 is 0 Å². The van der Waals surface area contributed by atoms with Gasteiger partial charge in [0.1, 0.15) is 11.4 Å². The molecule has 0 aliphatic carbocycles. The van der Waals surface area contributed by atoms with Crippen molar-refractivity contribution >= 4 is 11.4 Å². The van der Waals surface area contributed by atoms with Gasteiger partial charge in [-0.25, -0.2) is 0 Å². The Labute approximate surface area is 80.6 Å². The SMILES string of the molecule is Nc1ccc2c(c1[N+](=O)[O-])CCCO2. The molecule has 0 fully saturated rings. The molecular formula is C9H10N2O3. The fraction of sp³-hybridized carbons (Fsp3) is 0.333. The Morgan fingerprint density at radius 2 is 2.29 bits per heavy atom. The minimum Gasteiger partial charge on any atom is -0.493 e. The number of fused-ring (bicyclic) bond motifs is 1. The maximum atomic E-state index is 10.8. The number of nitro benzene ring substituents is 1. The standard InChI is InChI=1S/C9H10N2O3/c10-7-3-4-8-6(2-1-5-14-8)9(7)11(12)13/h3-4H,1-2,5,10H2. The van der Waals surface area contributed by atoms with E-state index < -0.39 is 4.92 Å². The van der Waals surface area contributed by atoms with Crippen LogP contribution in [0.3, 0.4) is 0 Å². The molecule has 1 aliphatic rings. The fourth-order valence-corrected chi connectivity index (χ4v) is 1.66. The summed E-state index contributed by atoms with van der Waals surface area (Å²) in [4.78, 5) is 10.3. The Balaban J connectivity index is 2.60. The third-order valence-corrected chi connectivity index (χ3v) is 2.28. The first-order valence-electron chi connectivity index (χ1n) is 4.38. The van der Waals surface area contributed by atoms with Crippen LogP contribution in [0.1, 0.15) is 12.0 Å². The van der Waals surface area contributed by atoms with Crippen LogP contribution in [0.2, 0.25) is 0 Å². The van der Waals surface area contributed by atoms with Crippen LogP contribution in [0.15, 0.2) is 12.1 Å². The van der Waals surface area contributed by atoms with Gasteiger partial charge in [0.25, 0.3) is 5.69 Å². The van der Waals surface area contributed by atoms with E-state index in [2.05, 4.69) is 0 Å². The lowest BCUT2D eigenvalue weighted by atomic mass is 10.0. The van der Waals surface area contributed by atoms with Gasteiger partial charge in [-0.05, 0) is 25.0 Å². The molecule has 1 aliphatic heterocycles. The Kier molecular flexibility index (Phi) is 1.99. The van der Waals surface area contributed by atoms with Crippen molar-refractivity contribution in [3.8, 4) is 5.75 Å². The van der Waals surface area contributed by atoms with Crippen molar-refractivity contribution in [2.75, 3.05) is 12.3 Å². The number of nitro groups is 1. The van der Waals surface area contributed by atoms with Crippen molar-refractivity contribution in [2.24, 2.45) is 0 Å². The molecule has 2 N–H and O–H groups in total. The first-order chi connectivity index (χ1) is 6.70. The van der Waals surface area contributed by atoms with Crippen molar-refractivity contribution in [1.29, 1.82) is 0 Å². The van der Waals surface area contributed by atoms with E-state index in [1.165, 1.54) is 6.07 Å². The number of rotatable bonds is 1. The molecule has 0 amide bonds. The second-order valence-electron chi connectivity index (χ2n) is 3.19. The van der Waals surface area contributed by atoms with Gasteiger partial charge in [-0.3, -0.25) is 10.1 Å². The summed E-state index contributed by atoms with van der Waals surface area (Å²) in [5.74, 6) is 0.595. The summed E-state index contributed by atoms with van der Waals surface area (Å²) in [5, 5.41) is 10.8. The molecule has 0 atom stereocenters. The number of benzene rings is 1. The van der Waals surface area contributed by atoms with Crippen molar-refractivity contribution in [3.63, 3.8) is 0 Å². The van der Waals surface area contributed by atoms with Gasteiger partial charge in [0, 0.05) is 0 Å². The zero-order chi connectivity index (χ0) is 10.1. The molecule has 2 rings (SSSR count). The molecule has 1 heterocycles. The van der Waals surface area contributed by atoms with Crippen LogP contribution in [0.5, 0.6) is 5.75 Å². The molecule has 5 heteroatoms. The van der Waals surface area contributed by atoms with Gasteiger partial charge in [0.15, 0.2) is 0 Å². The maximum absolute atomic E-state index is 10.8. The van der Waals surface area contributed by atoms with Gasteiger partial charge < -0.3 is 10.5 Å². The highest BCUT2D eigenvalue weighted by molar-refractivity contribution is 5.66. The second-order valence-corrected chi connectivity index (χ2v) is 3.19. The molecule has 0 radical (unpaired) electrons. The normalized spacial score (nSPS) is 14.3. The number of nitrogens with two attached hydrogens (primary N) is 1. The summed E-state index contributed by atoms with van der Waals surface area (Å²) in [6.45, 7) is 0.619. The molecule has 0 bridgehead atoms. The van der Waals surface area contributed by atoms with Gasteiger partial charge in [-0.2, -0.15) is 0 Å². The smallest absolute Gasteiger partial charge is 0.298 e. The summed E-state index contributed by atoms with van der Waals surface area (Å²) in [6, 6.07) is 3.21. The lowest BCUT2D eigenvalue weighted by Crippen LogP contribution is -2.11. The molecule has 0 unspecified atom stereocenters. The maximum Gasteiger partial charge on any atom is 0.298 e. The van der Waals surface area contributed by atoms with Crippen LogP contribution in [0, 0.1) is 10.1 Å². The van der Waals surface area contributed by atoms with Gasteiger partial charge in [-0.15, -0.1) is 0 Å². The molecule has 0 aromatic heterocycles. The third kappa shape index (κ3) is 1.26. The van der Waals surface area contributed by atoms with E-state index in [1.54, 1.807) is 6.07 Å². The largest absolute Gasteiger partial charge is 0.493 e. The Morgan fingerprint density at radius 1 is 1.50 bits per heavy atom. The third-order valence-electron chi connectivity index (χ3n) is 2.28. The molecule has 5 nitrogen and oxygen atoms in total. The van der Waals surface area contributed by atoms with E-state index in [0.717, 1.165) is 6.42 Å². The lowest BCUT2D eigenvalue weighted by molar-refractivity contribution is -0.384. The van der Waals surface area contributed by atoms with Crippen LogP contribution < -0.4 is 10.5 Å². The van der Waals surface area contributed by atoms with Gasteiger partial charge in [0.05, 0.1) is 17.1 Å². The predicted molar refractivity (Wildman–Crippen MR) is 51.3 cm³/mol. The highest BCUT2D eigenvalue weighted by Gasteiger charge is 2.24. The topological polar surface area (TPSA) is 78.4 Å². The summed E-state index contributed by atoms with van der Waals surface area (Å²) in [6.07, 6.45) is 1.47. The highest BCUT2D eigenvalue weighted by atomic mass is 16.6. The molecular weight excluding hydrogens is 184 g/mol. The van der Waals surface area contributed by atoms with E-state index in [1.807, 2.05) is 0 Å². The van der Waals surface area contributed by atoms with Crippen LogP contribution in [-0.4, -0.2) is 11.5 Å². The summed E-state index contributed by atoms with van der Waals surface area (Å²) in [5.41, 5.74) is 6.38. The fourth-order valence-electron chi connectivity index (χ4n) is 1.66. The quantitative estimate of drug-likeness (QED) is 0.417. The summed E-state index contributed by atoms with van der Waals surface area (Å²) < 4.78 is 5.31. The first-order valence-corrected chi connectivity index (χ1v) is 4.38. The molecule has 1 aromatic carbocycles. The number of ether oxygens (including phenoxy) is 1. The number of hydrogen-bond donors (Lipinski definition) is 1. The van der Waals surface area contributed by atoms with Crippen molar-refractivity contribution < 1.29 is 9.66 Å². The van der Waals surface area contributed by atoms with E-state index in [-0.39, 0.29) is 11.4 Å². The molecule has 0 saturated carbocycles. The monoisotopic (exact) mass is 194 g/mol. The zero-order valence-corrected chi connectivity index (χ0v) is 7.53. The zero-order valence-electron chi connectivity index (χ0n) is 7.53. The number of nitrogens with zero attached hydrogens (tertiary/aromatic N) is 1. The van der Waals surface area contributed by atoms with Crippen molar-refractivity contribution in [1.82, 2.24) is 0 Å². The highest BCUT2D eigenvalue weighted by Crippen LogP contribution is 2.36. The Hall–Kier alpha value is -1.78. The number of anilines is 1. The Morgan fingerprint density at radius 3 is 3.00 bits per heavy atom. The minimum atomic E-state index is -0.442. The van der Waals surface area contributed by atoms with E-state index in [0.29, 0.717) is 24.3 Å². The molecule has 0 saturated heterocycles. The molecule has 0 spiro atoms. The minimum absolute atomic E-state index is 0.00204.